The number of carbonyl (C=O) groups excluding carboxylic acids is 1. The number of hydrogen-bond donors (Lipinski definition) is 0. The molecule has 1 rings (SSSR count). The molecule has 0 bridgehead atoms. The second kappa shape index (κ2) is 6.23. The maximum atomic E-state index is 11.3. The minimum absolute atomic E-state index is 0.570. The number of rotatable bonds is 4. The molecule has 1 aromatic rings. The molecule has 4 heteroatoms. The van der Waals surface area contributed by atoms with Crippen LogP contribution in [0, 0.1) is 0 Å². The molecule has 0 saturated carbocycles. The highest BCUT2D eigenvalue weighted by Gasteiger charge is 2.18. The molecule has 0 aliphatic rings. The molecule has 1 atom stereocenters. The zero-order chi connectivity index (χ0) is 12.7. The average Bonchev–Trinajstić information content (AvgIpc) is 2.36. The molecular weight excluding hydrogens is 216 g/mol. The lowest BCUT2D eigenvalue weighted by Crippen LogP contribution is -2.13. The summed E-state index contributed by atoms with van der Waals surface area (Å²) in [5, 5.41) is 0. The Kier molecular flexibility index (Phi) is 4.64. The monoisotopic (exact) mass is 228 g/mol. The molecule has 4 nitrogen and oxygen atoms in total. The van der Waals surface area contributed by atoms with Crippen LogP contribution in [0.3, 0.4) is 0 Å². The van der Waals surface area contributed by atoms with Crippen LogP contribution in [0.25, 0.3) is 5.53 Å². The minimum atomic E-state index is -0.726. The van der Waals surface area contributed by atoms with E-state index in [4.69, 9.17) is 10.3 Å². The third-order valence-electron chi connectivity index (χ3n) is 2.17. The van der Waals surface area contributed by atoms with Crippen LogP contribution in [-0.4, -0.2) is 17.0 Å². The third-order valence-corrected chi connectivity index (χ3v) is 2.17. The van der Waals surface area contributed by atoms with Gasteiger partial charge in [-0.3, -0.25) is 0 Å². The van der Waals surface area contributed by atoms with Crippen molar-refractivity contribution in [2.45, 2.75) is 13.0 Å². The minimum Gasteiger partial charge on any atom is -0.444 e. The first-order valence-corrected chi connectivity index (χ1v) is 4.98. The van der Waals surface area contributed by atoms with Crippen LogP contribution in [0.1, 0.15) is 18.6 Å². The fourth-order valence-corrected chi connectivity index (χ4v) is 1.32. The van der Waals surface area contributed by atoms with Crippen LogP contribution in [0.2, 0.25) is 0 Å². The number of benzene rings is 1. The zero-order valence-corrected chi connectivity index (χ0v) is 9.46. The summed E-state index contributed by atoms with van der Waals surface area (Å²) >= 11 is 0. The van der Waals surface area contributed by atoms with Crippen molar-refractivity contribution in [3.63, 3.8) is 0 Å². The Morgan fingerprint density at radius 1 is 1.53 bits per heavy atom. The maximum absolute atomic E-state index is 11.3. The van der Waals surface area contributed by atoms with Gasteiger partial charge in [0.2, 0.25) is 0 Å². The van der Waals surface area contributed by atoms with Gasteiger partial charge in [0.25, 0.3) is 0 Å². The second-order valence-electron chi connectivity index (χ2n) is 3.33. The standard InChI is InChI=1S/C13H12N2O2/c1-3-10(2)13(17-12(16)9-15-14)11-7-5-4-6-8-11/h4-9,13H,1H2,2H3. The van der Waals surface area contributed by atoms with E-state index < -0.39 is 12.1 Å². The summed E-state index contributed by atoms with van der Waals surface area (Å²) in [4.78, 5) is 13.9. The molecule has 17 heavy (non-hydrogen) atoms. The normalized spacial score (nSPS) is 10.6. The lowest BCUT2D eigenvalue weighted by molar-refractivity contribution is -0.142. The summed E-state index contributed by atoms with van der Waals surface area (Å²) in [7, 11) is 0. The summed E-state index contributed by atoms with van der Waals surface area (Å²) in [6, 6.07) is 9.20. The molecule has 86 valence electrons. The summed E-state index contributed by atoms with van der Waals surface area (Å²) < 4.78 is 5.14. The van der Waals surface area contributed by atoms with Gasteiger partial charge in [-0.05, 0) is 12.5 Å². The lowest BCUT2D eigenvalue weighted by Gasteiger charge is -2.15. The average molecular weight is 228 g/mol. The molecule has 0 aliphatic carbocycles. The molecule has 0 aromatic heterocycles. The first-order valence-electron chi connectivity index (χ1n) is 4.98. The van der Waals surface area contributed by atoms with Gasteiger partial charge in [-0.15, -0.1) is 5.73 Å². The van der Waals surface area contributed by atoms with Crippen molar-refractivity contribution in [1.82, 2.24) is 0 Å². The molecule has 0 aliphatic heterocycles. The van der Waals surface area contributed by atoms with Crippen molar-refractivity contribution >= 4 is 12.2 Å². The van der Waals surface area contributed by atoms with Crippen LogP contribution in [0.15, 0.2) is 48.2 Å². The summed E-state index contributed by atoms with van der Waals surface area (Å²) in [6.07, 6.45) is 0.131. The molecule has 0 amide bonds. The molecule has 0 saturated heterocycles. The van der Waals surface area contributed by atoms with Crippen LogP contribution in [0.5, 0.6) is 0 Å². The van der Waals surface area contributed by atoms with Crippen molar-refractivity contribution in [2.24, 2.45) is 0 Å². The molecule has 1 unspecified atom stereocenters. The predicted molar refractivity (Wildman–Crippen MR) is 63.3 cm³/mol. The van der Waals surface area contributed by atoms with Gasteiger partial charge in [-0.25, -0.2) is 4.79 Å². The molecule has 0 radical (unpaired) electrons. The smallest absolute Gasteiger partial charge is 0.414 e. The highest BCUT2D eigenvalue weighted by atomic mass is 16.5. The molecule has 0 fully saturated rings. The third kappa shape index (κ3) is 3.58. The highest BCUT2D eigenvalue weighted by Crippen LogP contribution is 2.24. The Labute approximate surface area is 99.5 Å². The van der Waals surface area contributed by atoms with Crippen LogP contribution in [-0.2, 0) is 9.53 Å². The SMILES string of the molecule is C=C=C(C)C(OC(=O)C=[N+]=[N-])c1ccccc1. The molecule has 0 spiro atoms. The van der Waals surface area contributed by atoms with Crippen molar-refractivity contribution in [1.29, 1.82) is 0 Å². The second-order valence-corrected chi connectivity index (χ2v) is 3.33. The number of hydrogen-bond acceptors (Lipinski definition) is 2. The van der Waals surface area contributed by atoms with Gasteiger partial charge in [0.15, 0.2) is 6.10 Å². The predicted octanol–water partition coefficient (Wildman–Crippen LogP) is 2.30. The first kappa shape index (κ1) is 12.7. The van der Waals surface area contributed by atoms with E-state index in [-0.39, 0.29) is 0 Å². The van der Waals surface area contributed by atoms with E-state index in [2.05, 4.69) is 17.1 Å². The molecule has 1 aromatic carbocycles. The number of carbonyl (C=O) groups is 1. The molecular formula is C13H12N2O2. The molecule has 0 N–H and O–H groups in total. The summed E-state index contributed by atoms with van der Waals surface area (Å²) in [6.45, 7) is 5.28. The Hall–Kier alpha value is -2.41. The Bertz CT molecular complexity index is 495. The number of ether oxygens (including phenoxy) is 1. The van der Waals surface area contributed by atoms with E-state index in [9.17, 15) is 4.79 Å². The fraction of sp³-hybridized carbons (Fsp3) is 0.154. The van der Waals surface area contributed by atoms with Crippen molar-refractivity contribution in [3.8, 4) is 0 Å². The van der Waals surface area contributed by atoms with Gasteiger partial charge in [0.1, 0.15) is 0 Å². The van der Waals surface area contributed by atoms with Crippen LogP contribution >= 0.6 is 0 Å². The summed E-state index contributed by atoms with van der Waals surface area (Å²) in [5.41, 5.74) is 12.4. The van der Waals surface area contributed by atoms with E-state index in [1.54, 1.807) is 6.92 Å². The largest absolute Gasteiger partial charge is 0.444 e. The Balaban J connectivity index is 3.01. The van der Waals surface area contributed by atoms with E-state index in [0.29, 0.717) is 11.8 Å². The van der Waals surface area contributed by atoms with E-state index >= 15 is 0 Å². The number of esters is 1. The first-order chi connectivity index (χ1) is 8.19. The highest BCUT2D eigenvalue weighted by molar-refractivity contribution is 6.20. The van der Waals surface area contributed by atoms with Crippen molar-refractivity contribution in [2.75, 3.05) is 0 Å². The van der Waals surface area contributed by atoms with Gasteiger partial charge < -0.3 is 10.3 Å². The van der Waals surface area contributed by atoms with Gasteiger partial charge in [0.05, 0.1) is 0 Å². The summed E-state index contributed by atoms with van der Waals surface area (Å²) in [5.74, 6) is -0.726. The topological polar surface area (TPSA) is 62.7 Å². The number of nitrogens with zero attached hydrogens (tertiary/aromatic N) is 2. The molecule has 0 heterocycles. The maximum Gasteiger partial charge on any atom is 0.414 e. The van der Waals surface area contributed by atoms with Crippen molar-refractivity contribution < 1.29 is 14.3 Å². The Morgan fingerprint density at radius 3 is 2.71 bits per heavy atom. The van der Waals surface area contributed by atoms with Crippen LogP contribution < -0.4 is 0 Å². The van der Waals surface area contributed by atoms with E-state index in [1.807, 2.05) is 30.3 Å². The van der Waals surface area contributed by atoms with E-state index in [0.717, 1.165) is 5.56 Å². The zero-order valence-electron chi connectivity index (χ0n) is 9.46. The Morgan fingerprint density at radius 2 is 2.18 bits per heavy atom. The van der Waals surface area contributed by atoms with E-state index in [1.165, 1.54) is 0 Å². The van der Waals surface area contributed by atoms with Gasteiger partial charge >= 0.3 is 12.2 Å². The van der Waals surface area contributed by atoms with Crippen LogP contribution in [0.4, 0.5) is 0 Å². The quantitative estimate of drug-likeness (QED) is 0.261. The van der Waals surface area contributed by atoms with Gasteiger partial charge in [-0.2, -0.15) is 4.79 Å². The fourth-order valence-electron chi connectivity index (χ4n) is 1.32. The van der Waals surface area contributed by atoms with Gasteiger partial charge in [0, 0.05) is 5.57 Å². The lowest BCUT2D eigenvalue weighted by atomic mass is 10.0. The van der Waals surface area contributed by atoms with Crippen molar-refractivity contribution in [3.05, 3.63) is 59.3 Å². The van der Waals surface area contributed by atoms with Gasteiger partial charge in [-0.1, -0.05) is 36.9 Å².